The molecule has 1 aliphatic heterocycles. The quantitative estimate of drug-likeness (QED) is 0.548. The number of carbonyl (C=O) groups excluding carboxylic acids is 3. The van der Waals surface area contributed by atoms with E-state index in [1.54, 1.807) is 26.0 Å². The fraction of sp³-hybridized carbons (Fsp3) is 0.571. The Morgan fingerprint density at radius 3 is 2.52 bits per heavy atom. The Morgan fingerprint density at radius 1 is 1.24 bits per heavy atom. The summed E-state index contributed by atoms with van der Waals surface area (Å²) in [5, 5.41) is 0. The molecule has 1 heterocycles. The Hall–Kier alpha value is -2.09. The number of methoxy groups -OCH3 is 1. The maximum Gasteiger partial charge on any atom is 0.309 e. The average Bonchev–Trinajstić information content (AvgIpc) is 2.72. The van der Waals surface area contributed by atoms with Crippen molar-refractivity contribution in [3.8, 4) is 5.75 Å². The van der Waals surface area contributed by atoms with Gasteiger partial charge in [-0.25, -0.2) is 0 Å². The number of likely N-dealkylation sites (tertiary alicyclic amines) is 1. The van der Waals surface area contributed by atoms with Crippen LogP contribution < -0.4 is 4.74 Å². The maximum atomic E-state index is 12.5. The van der Waals surface area contributed by atoms with E-state index in [-0.39, 0.29) is 30.2 Å². The highest BCUT2D eigenvalue weighted by Crippen LogP contribution is 2.26. The first kappa shape index (κ1) is 23.2. The number of carbonyl (C=O) groups is 3. The van der Waals surface area contributed by atoms with Crippen LogP contribution in [0, 0.1) is 5.92 Å². The Balaban J connectivity index is 1.77. The van der Waals surface area contributed by atoms with Gasteiger partial charge in [-0.3, -0.25) is 14.4 Å². The summed E-state index contributed by atoms with van der Waals surface area (Å²) in [4.78, 5) is 39.9. The van der Waals surface area contributed by atoms with Gasteiger partial charge < -0.3 is 19.3 Å². The molecule has 0 N–H and O–H groups in total. The fourth-order valence-electron chi connectivity index (χ4n) is 3.32. The number of likely N-dealkylation sites (N-methyl/N-ethyl adjacent to an activating group) is 1. The number of hydrogen-bond donors (Lipinski definition) is 0. The molecule has 0 aromatic heterocycles. The van der Waals surface area contributed by atoms with Crippen LogP contribution >= 0.6 is 15.9 Å². The van der Waals surface area contributed by atoms with Crippen LogP contribution in [0.2, 0.25) is 0 Å². The highest BCUT2D eigenvalue weighted by Gasteiger charge is 2.28. The second-order valence-electron chi connectivity index (χ2n) is 7.13. The predicted octanol–water partition coefficient (Wildman–Crippen LogP) is 2.65. The zero-order valence-electron chi connectivity index (χ0n) is 17.3. The lowest BCUT2D eigenvalue weighted by molar-refractivity contribution is -0.151. The molecule has 8 heteroatoms. The minimum absolute atomic E-state index is 0.0508. The SMILES string of the molecule is CCOC(=O)C1CCN(C(=O)CN(C)C(=O)CCc2ccc(OC)c(Br)c2)CC1. The van der Waals surface area contributed by atoms with Crippen LogP contribution in [-0.4, -0.2) is 68.0 Å². The fourth-order valence-corrected chi connectivity index (χ4v) is 3.91. The van der Waals surface area contributed by atoms with Crippen LogP contribution in [0.1, 0.15) is 31.7 Å². The second kappa shape index (κ2) is 11.2. The average molecular weight is 469 g/mol. The van der Waals surface area contributed by atoms with Gasteiger partial charge in [0.15, 0.2) is 0 Å². The van der Waals surface area contributed by atoms with E-state index in [0.29, 0.717) is 45.4 Å². The number of halogens is 1. The second-order valence-corrected chi connectivity index (χ2v) is 7.98. The van der Waals surface area contributed by atoms with Gasteiger partial charge in [-0.05, 0) is 59.8 Å². The van der Waals surface area contributed by atoms with Crippen molar-refractivity contribution in [3.63, 3.8) is 0 Å². The molecule has 0 radical (unpaired) electrons. The van der Waals surface area contributed by atoms with Crippen LogP contribution in [-0.2, 0) is 25.5 Å². The van der Waals surface area contributed by atoms with Crippen LogP contribution in [0.15, 0.2) is 22.7 Å². The summed E-state index contributed by atoms with van der Waals surface area (Å²) < 4.78 is 11.1. The summed E-state index contributed by atoms with van der Waals surface area (Å²) in [6.07, 6.45) is 2.13. The summed E-state index contributed by atoms with van der Waals surface area (Å²) in [5.74, 6) is 0.260. The van der Waals surface area contributed by atoms with Crippen LogP contribution in [0.4, 0.5) is 0 Å². The first-order chi connectivity index (χ1) is 13.8. The molecule has 0 spiro atoms. The Bertz CT molecular complexity index is 732. The molecule has 1 saturated heterocycles. The van der Waals surface area contributed by atoms with E-state index in [1.807, 2.05) is 18.2 Å². The lowest BCUT2D eigenvalue weighted by Gasteiger charge is -2.32. The molecule has 1 aromatic rings. The number of esters is 1. The molecule has 0 aliphatic carbocycles. The third kappa shape index (κ3) is 6.73. The monoisotopic (exact) mass is 468 g/mol. The Kier molecular flexibility index (Phi) is 8.95. The van der Waals surface area contributed by atoms with E-state index < -0.39 is 0 Å². The number of hydrogen-bond acceptors (Lipinski definition) is 5. The molecule has 1 fully saturated rings. The van der Waals surface area contributed by atoms with Gasteiger partial charge in [0.1, 0.15) is 5.75 Å². The van der Waals surface area contributed by atoms with Crippen molar-refractivity contribution < 1.29 is 23.9 Å². The first-order valence-corrected chi connectivity index (χ1v) is 10.7. The zero-order chi connectivity index (χ0) is 21.4. The van der Waals surface area contributed by atoms with E-state index >= 15 is 0 Å². The maximum absolute atomic E-state index is 12.5. The number of aryl methyl sites for hydroxylation is 1. The zero-order valence-corrected chi connectivity index (χ0v) is 18.9. The minimum Gasteiger partial charge on any atom is -0.496 e. The molecule has 0 bridgehead atoms. The van der Waals surface area contributed by atoms with Crippen molar-refractivity contribution in [2.24, 2.45) is 5.92 Å². The molecule has 1 aromatic carbocycles. The summed E-state index contributed by atoms with van der Waals surface area (Å²) in [6, 6.07) is 5.72. The number of amides is 2. The summed E-state index contributed by atoms with van der Waals surface area (Å²) in [5.41, 5.74) is 1.02. The lowest BCUT2D eigenvalue weighted by atomic mass is 9.97. The highest BCUT2D eigenvalue weighted by atomic mass is 79.9. The summed E-state index contributed by atoms with van der Waals surface area (Å²) >= 11 is 3.44. The molecule has 2 rings (SSSR count). The molecular formula is C21H29BrN2O5. The molecule has 0 atom stereocenters. The lowest BCUT2D eigenvalue weighted by Crippen LogP contribution is -2.45. The third-order valence-electron chi connectivity index (χ3n) is 5.11. The molecule has 2 amide bonds. The van der Waals surface area contributed by atoms with Gasteiger partial charge in [-0.1, -0.05) is 6.07 Å². The largest absolute Gasteiger partial charge is 0.496 e. The Morgan fingerprint density at radius 2 is 1.93 bits per heavy atom. The summed E-state index contributed by atoms with van der Waals surface area (Å²) in [6.45, 7) is 3.25. The van der Waals surface area contributed by atoms with Crippen molar-refractivity contribution in [1.82, 2.24) is 9.80 Å². The van der Waals surface area contributed by atoms with E-state index in [9.17, 15) is 14.4 Å². The first-order valence-electron chi connectivity index (χ1n) is 9.86. The molecule has 160 valence electrons. The third-order valence-corrected chi connectivity index (χ3v) is 5.73. The van der Waals surface area contributed by atoms with Gasteiger partial charge in [0.05, 0.1) is 30.7 Å². The van der Waals surface area contributed by atoms with Crippen molar-refractivity contribution in [1.29, 1.82) is 0 Å². The van der Waals surface area contributed by atoms with E-state index in [0.717, 1.165) is 15.8 Å². The van der Waals surface area contributed by atoms with Crippen molar-refractivity contribution in [2.75, 3.05) is 40.4 Å². The molecule has 29 heavy (non-hydrogen) atoms. The Labute approximate surface area is 180 Å². The number of piperidine rings is 1. The minimum atomic E-state index is -0.183. The molecule has 1 aliphatic rings. The van der Waals surface area contributed by atoms with Gasteiger partial charge in [0.25, 0.3) is 0 Å². The van der Waals surface area contributed by atoms with Crippen molar-refractivity contribution in [3.05, 3.63) is 28.2 Å². The summed E-state index contributed by atoms with van der Waals surface area (Å²) in [7, 11) is 3.25. The topological polar surface area (TPSA) is 76.2 Å². The molecular weight excluding hydrogens is 440 g/mol. The highest BCUT2D eigenvalue weighted by molar-refractivity contribution is 9.10. The van der Waals surface area contributed by atoms with Gasteiger partial charge in [0.2, 0.25) is 11.8 Å². The standard InChI is InChI=1S/C21H29BrN2O5/c1-4-29-21(27)16-9-11-24(12-10-16)20(26)14-23(2)19(25)8-6-15-5-7-18(28-3)17(22)13-15/h5,7,13,16H,4,6,8-12,14H2,1-3H3. The van der Waals surface area contributed by atoms with Crippen molar-refractivity contribution in [2.45, 2.75) is 32.6 Å². The smallest absolute Gasteiger partial charge is 0.309 e. The van der Waals surface area contributed by atoms with E-state index in [4.69, 9.17) is 9.47 Å². The van der Waals surface area contributed by atoms with E-state index in [1.165, 1.54) is 4.90 Å². The van der Waals surface area contributed by atoms with Crippen molar-refractivity contribution >= 4 is 33.7 Å². The predicted molar refractivity (Wildman–Crippen MR) is 113 cm³/mol. The van der Waals surface area contributed by atoms with Crippen LogP contribution in [0.25, 0.3) is 0 Å². The van der Waals surface area contributed by atoms with Gasteiger partial charge in [-0.15, -0.1) is 0 Å². The van der Waals surface area contributed by atoms with Gasteiger partial charge >= 0.3 is 5.97 Å². The number of benzene rings is 1. The van der Waals surface area contributed by atoms with Crippen LogP contribution in [0.3, 0.4) is 0 Å². The van der Waals surface area contributed by atoms with Gasteiger partial charge in [0, 0.05) is 26.6 Å². The molecule has 0 saturated carbocycles. The van der Waals surface area contributed by atoms with E-state index in [2.05, 4.69) is 15.9 Å². The number of ether oxygens (including phenoxy) is 2. The van der Waals surface area contributed by atoms with Crippen LogP contribution in [0.5, 0.6) is 5.75 Å². The van der Waals surface area contributed by atoms with Gasteiger partial charge in [-0.2, -0.15) is 0 Å². The number of nitrogens with zero attached hydrogens (tertiary/aromatic N) is 2. The molecule has 0 unspecified atom stereocenters. The number of rotatable bonds is 8. The normalized spacial score (nSPS) is 14.4. The molecule has 7 nitrogen and oxygen atoms in total.